The van der Waals surface area contributed by atoms with E-state index in [0.29, 0.717) is 121 Å². The lowest BCUT2D eigenvalue weighted by Gasteiger charge is -2.32. The number of esters is 3. The zero-order valence-corrected chi connectivity index (χ0v) is 83.8. The first-order valence-corrected chi connectivity index (χ1v) is 49.0. The number of ether oxygens (including phenoxy) is 7. The molecule has 0 radical (unpaired) electrons. The second-order valence-electron chi connectivity index (χ2n) is 35.1. The largest absolute Gasteiger partial charge is 0.497 e. The van der Waals surface area contributed by atoms with Crippen LogP contribution in [0.1, 0.15) is 201 Å². The Hall–Kier alpha value is -9.42. The van der Waals surface area contributed by atoms with Crippen molar-refractivity contribution in [3.63, 3.8) is 0 Å². The predicted octanol–water partition coefficient (Wildman–Crippen LogP) is 15.4. The van der Waals surface area contributed by atoms with Crippen molar-refractivity contribution in [2.45, 2.75) is 219 Å². The van der Waals surface area contributed by atoms with E-state index in [9.17, 15) is 47.9 Å². The van der Waals surface area contributed by atoms with Crippen LogP contribution < -0.4 is 26.4 Å². The Morgan fingerprint density at radius 3 is 1.20 bits per heavy atom. The quantitative estimate of drug-likeness (QED) is 0.0217. The highest BCUT2D eigenvalue weighted by Crippen LogP contribution is 2.40. The summed E-state index contributed by atoms with van der Waals surface area (Å²) >= 11 is 26.2. The summed E-state index contributed by atoms with van der Waals surface area (Å²) in [4.78, 5) is 148. The minimum Gasteiger partial charge on any atom is -0.497 e. The fourth-order valence-corrected chi connectivity index (χ4v) is 20.2. The summed E-state index contributed by atoms with van der Waals surface area (Å²) in [7, 11) is 1.41. The van der Waals surface area contributed by atoms with E-state index >= 15 is 0 Å². The van der Waals surface area contributed by atoms with Gasteiger partial charge in [0, 0.05) is 160 Å². The van der Waals surface area contributed by atoms with E-state index in [2.05, 4.69) is 71.8 Å². The van der Waals surface area contributed by atoms with Gasteiger partial charge >= 0.3 is 17.9 Å². The normalized spacial score (nSPS) is 17.0. The van der Waals surface area contributed by atoms with Crippen molar-refractivity contribution in [3.8, 4) is 37.5 Å². The third-order valence-electron chi connectivity index (χ3n) is 21.7. The zero-order valence-electron chi connectivity index (χ0n) is 76.7. The van der Waals surface area contributed by atoms with Crippen molar-refractivity contribution in [2.75, 3.05) is 90.2 Å². The van der Waals surface area contributed by atoms with E-state index in [1.807, 2.05) is 98.7 Å². The maximum Gasteiger partial charge on any atom is 0.329 e. The molecule has 3 unspecified atom stereocenters. The Morgan fingerprint density at radius 1 is 0.504 bits per heavy atom. The van der Waals surface area contributed by atoms with Crippen molar-refractivity contribution < 1.29 is 81.0 Å². The molecule has 0 spiro atoms. The summed E-state index contributed by atoms with van der Waals surface area (Å²) in [5.74, 6) is -1.35. The molecule has 716 valence electrons. The van der Waals surface area contributed by atoms with Crippen molar-refractivity contribution in [1.82, 2.24) is 64.8 Å². The first-order chi connectivity index (χ1) is 63.1. The molecule has 6 N–H and O–H groups in total. The van der Waals surface area contributed by atoms with Crippen LogP contribution in [-0.2, 0) is 73.3 Å². The highest BCUT2D eigenvalue weighted by molar-refractivity contribution is 9.11. The molecule has 5 atom stereocenters. The summed E-state index contributed by atoms with van der Waals surface area (Å²) in [6, 6.07) is 15.9. The molecule has 1 aromatic carbocycles. The maximum absolute atomic E-state index is 14.0. The van der Waals surface area contributed by atoms with Gasteiger partial charge in [-0.25, -0.2) is 58.6 Å². The van der Waals surface area contributed by atoms with Crippen molar-refractivity contribution in [2.24, 2.45) is 5.73 Å². The monoisotopic (exact) mass is 2030 g/mol. The van der Waals surface area contributed by atoms with Crippen LogP contribution in [0.15, 0.2) is 95.3 Å². The lowest BCUT2D eigenvalue weighted by Crippen LogP contribution is -2.51. The second kappa shape index (κ2) is 47.4. The number of aliphatic hydroxyl groups is 1. The van der Waals surface area contributed by atoms with Crippen molar-refractivity contribution >= 4 is 155 Å². The lowest BCUT2D eigenvalue weighted by atomic mass is 10.0. The van der Waals surface area contributed by atoms with Crippen molar-refractivity contribution in [3.05, 3.63) is 164 Å². The number of aliphatic hydroxyl groups excluding tert-OH is 1. The van der Waals surface area contributed by atoms with Crippen LogP contribution in [0.3, 0.4) is 0 Å². The Balaban J connectivity index is 0.000000165. The van der Waals surface area contributed by atoms with Gasteiger partial charge in [-0.05, 0) is 234 Å². The summed E-state index contributed by atoms with van der Waals surface area (Å²) in [5.41, 5.74) is 8.91. The van der Waals surface area contributed by atoms with E-state index in [1.54, 1.807) is 102 Å². The molecule has 3 saturated heterocycles. The molecule has 16 rings (SSSR count). The lowest BCUT2D eigenvalue weighted by molar-refractivity contribution is -0.160. The fourth-order valence-electron chi connectivity index (χ4n) is 14.7. The van der Waals surface area contributed by atoms with Gasteiger partial charge in [-0.2, -0.15) is 0 Å². The minimum atomic E-state index is -0.857. The molecular weight excluding hydrogens is 1920 g/mol. The minimum absolute atomic E-state index is 0.0911. The number of nitrogens with one attached hydrogen (secondary N) is 3. The van der Waals surface area contributed by atoms with Crippen LogP contribution in [0.4, 0.5) is 16.3 Å². The standard InChI is InChI=1S/C28H32FN5O5S.C23H30N4O4S.C18H20ClN3O3S.C14H18BrNO3S.C5H11NO.C4H2Cl2N2/c1-16(26(36)32-23(15-35)17-11-18(29)13-20(12-17)38-2)34-8-4-24-21(27(34)37)14-25(40-24)22-3-7-30-28(33-22)31-19-5-9-39-10-6-19;1-14(21(29)31-23(2,3)4)27-10-6-18-16(20(27)28)13-19(32-18)17-5-9-24-22(26-17)25-15-7-11-30-12-8-15;1-10(16(24)25-18(2,3)4)22-8-6-13-11(15(22)23)9-14(26-13)12-5-7-20-17(19)21-12;1-8(13(18)19-14(2,3)4)16-6-5-10-9(12(16)17)7-11(15)20-10;6-5-1-3-7-4-2-5;5-3-1-2-7-4(6)8-3/h3,7,11-14,16,19,23,35H,4-6,8-10,15H2,1-2H3,(H,32,36)(H,30,31,33);5,9,13-15H,6-8,10-12H2,1-4H3,(H,24,25,26);5,7,9-10H,6,8H2,1-4H3;7-8H,5-6H2,1-4H3;5H,1-4,6H2;1-2H/t16-,23-;;;;;/m1...../s1. The number of carbonyl (C=O) groups excluding carboxylic acids is 8. The third-order valence-corrected chi connectivity index (χ3v) is 27.6. The van der Waals surface area contributed by atoms with E-state index in [4.69, 9.17) is 73.7 Å². The number of hydrogen-bond donors (Lipinski definition) is 5. The average molecular weight is 2030 g/mol. The van der Waals surface area contributed by atoms with Gasteiger partial charge in [-0.1, -0.05) is 11.6 Å². The number of amides is 5. The van der Waals surface area contributed by atoms with Crippen LogP contribution in [0, 0.1) is 5.82 Å². The summed E-state index contributed by atoms with van der Waals surface area (Å²) in [6.07, 6.45) is 15.0. The Labute approximate surface area is 812 Å². The third kappa shape index (κ3) is 29.6. The van der Waals surface area contributed by atoms with Crippen LogP contribution in [-0.4, -0.2) is 251 Å². The number of nitrogens with two attached hydrogens (primary N) is 1. The van der Waals surface area contributed by atoms with Crippen LogP contribution in [0.2, 0.25) is 15.7 Å². The summed E-state index contributed by atoms with van der Waals surface area (Å²) in [6.45, 7) is 29.3. The van der Waals surface area contributed by atoms with Gasteiger partial charge in [-0.3, -0.25) is 24.0 Å². The van der Waals surface area contributed by atoms with Crippen LogP contribution in [0.25, 0.3) is 31.7 Å². The molecule has 7 aliphatic heterocycles. The number of carbonyl (C=O) groups is 8. The number of aromatic nitrogens is 8. The van der Waals surface area contributed by atoms with Gasteiger partial charge in [0.1, 0.15) is 57.7 Å². The summed E-state index contributed by atoms with van der Waals surface area (Å²) < 4.78 is 52.2. The van der Waals surface area contributed by atoms with Gasteiger partial charge in [0.25, 0.3) is 23.6 Å². The van der Waals surface area contributed by atoms with E-state index in [1.165, 1.54) is 53.0 Å². The number of rotatable bonds is 19. The molecule has 9 aromatic rings. The molecule has 0 saturated carbocycles. The smallest absolute Gasteiger partial charge is 0.329 e. The van der Waals surface area contributed by atoms with Gasteiger partial charge < -0.3 is 79.5 Å². The number of halogens is 5. The first kappa shape index (κ1) is 104. The Kier molecular flexibility index (Phi) is 37.1. The zero-order chi connectivity index (χ0) is 96.3. The molecule has 8 aromatic heterocycles. The number of nitrogens with zero attached hydrogens (tertiary/aromatic N) is 12. The number of anilines is 2. The number of thiophene rings is 4. The number of fused-ring (bicyclic) bond motifs is 4. The topological polar surface area (TPSA) is 400 Å². The Morgan fingerprint density at radius 2 is 0.857 bits per heavy atom. The average Bonchev–Trinajstić information content (AvgIpc) is 1.66. The maximum atomic E-state index is 14.0. The molecule has 15 heterocycles. The fraction of sp³-hybridized carbons (Fsp3) is 0.500. The molecule has 133 heavy (non-hydrogen) atoms. The van der Waals surface area contributed by atoms with E-state index in [-0.39, 0.29) is 57.9 Å². The highest BCUT2D eigenvalue weighted by Gasteiger charge is 2.40. The molecule has 7 aliphatic rings. The highest BCUT2D eigenvalue weighted by atomic mass is 79.9. The number of benzene rings is 1. The molecule has 3 fully saturated rings. The second-order valence-corrected chi connectivity index (χ2v) is 42.1. The van der Waals surface area contributed by atoms with Crippen LogP contribution in [0.5, 0.6) is 5.75 Å². The van der Waals surface area contributed by atoms with Crippen LogP contribution >= 0.6 is 96.1 Å². The van der Waals surface area contributed by atoms with Gasteiger partial charge in [0.15, 0.2) is 0 Å². The first-order valence-electron chi connectivity index (χ1n) is 43.8. The molecular formula is C92H113BrCl3FN16O16S4. The predicted molar refractivity (Wildman–Crippen MR) is 513 cm³/mol. The Bertz CT molecular complexity index is 5540. The van der Waals surface area contributed by atoms with Gasteiger partial charge in [-0.15, -0.1) is 45.3 Å². The van der Waals surface area contributed by atoms with Gasteiger partial charge in [0.2, 0.25) is 28.4 Å². The molecule has 0 bridgehead atoms. The van der Waals surface area contributed by atoms with E-state index < -0.39 is 71.3 Å². The summed E-state index contributed by atoms with van der Waals surface area (Å²) in [5, 5.41) is 20.1. The number of methoxy groups -OCH3 is 1. The van der Waals surface area contributed by atoms with Crippen molar-refractivity contribution in [1.29, 1.82) is 0 Å². The van der Waals surface area contributed by atoms with E-state index in [0.717, 1.165) is 121 Å². The van der Waals surface area contributed by atoms with Gasteiger partial charge in [0.05, 0.1) is 77.5 Å². The molecule has 5 amide bonds. The SMILES string of the molecule is CC(C(=O)OC(C)(C)C)N1CCc2sc(-c3ccnc(Cl)n3)cc2C1=O.CC(C(=O)OC(C)(C)C)N1CCc2sc(-c3ccnc(NC4CCOCC4)n3)cc2C1=O.CC(C(=O)OC(C)(C)C)N1CCc2sc(Br)cc2C1=O.COc1cc(F)cc([C@@H](CO)NC(=O)[C@@H](C)N2CCc3sc(-c4ccnc(NC5CCOCC5)n4)cc3C2=O)c1.Clc1ccnc(Cl)n1.NC1CCOCC1. The number of hydrogen-bond acceptors (Lipinski definition) is 31. The molecule has 32 nitrogen and oxygen atoms in total. The molecule has 0 aliphatic carbocycles. The molecule has 41 heteroatoms.